The summed E-state index contributed by atoms with van der Waals surface area (Å²) >= 11 is 0. The number of hydrogen-bond acceptors (Lipinski definition) is 5. The van der Waals surface area contributed by atoms with Crippen LogP contribution in [0.15, 0.2) is 0 Å². The Balaban J connectivity index is 3.70. The van der Waals surface area contributed by atoms with Crippen LogP contribution in [0.3, 0.4) is 0 Å². The van der Waals surface area contributed by atoms with Crippen LogP contribution in [0, 0.1) is 0 Å². The predicted octanol–water partition coefficient (Wildman–Crippen LogP) is 0.877. The van der Waals surface area contributed by atoms with Gasteiger partial charge in [0.1, 0.15) is 0 Å². The molecule has 6 nitrogen and oxygen atoms in total. The number of carbonyl (C=O) groups excluding carboxylic acids is 1. The monoisotopic (exact) mass is 253 g/mol. The van der Waals surface area contributed by atoms with Gasteiger partial charge in [0.25, 0.3) is 10.1 Å². The fourth-order valence-corrected chi connectivity index (χ4v) is 1.27. The van der Waals surface area contributed by atoms with Gasteiger partial charge in [-0.25, -0.2) is 4.79 Å². The lowest BCUT2D eigenvalue weighted by Gasteiger charge is -2.13. The molecule has 0 aliphatic heterocycles. The maximum absolute atomic E-state index is 11.1. The molecule has 0 fully saturated rings. The van der Waals surface area contributed by atoms with Gasteiger partial charge < -0.3 is 10.1 Å². The highest BCUT2D eigenvalue weighted by Gasteiger charge is 2.11. The Kier molecular flexibility index (Phi) is 7.07. The van der Waals surface area contributed by atoms with Crippen molar-refractivity contribution in [2.75, 3.05) is 19.5 Å². The summed E-state index contributed by atoms with van der Waals surface area (Å²) in [6.07, 6.45) is 2.15. The highest BCUT2D eigenvalue weighted by molar-refractivity contribution is 7.85. The number of rotatable bonds is 7. The second-order valence-electron chi connectivity index (χ2n) is 3.52. The van der Waals surface area contributed by atoms with Crippen molar-refractivity contribution in [2.24, 2.45) is 0 Å². The minimum absolute atomic E-state index is 0.0955. The SMILES string of the molecule is CCCCOC(=O)N[C@@H](C)COS(C)(=O)=O. The van der Waals surface area contributed by atoms with Crippen molar-refractivity contribution < 1.29 is 22.1 Å². The second kappa shape index (κ2) is 7.45. The van der Waals surface area contributed by atoms with Crippen LogP contribution in [0.4, 0.5) is 4.79 Å². The summed E-state index contributed by atoms with van der Waals surface area (Å²) in [7, 11) is -3.47. The first-order valence-electron chi connectivity index (χ1n) is 5.13. The Hall–Kier alpha value is -0.820. The molecule has 0 saturated carbocycles. The van der Waals surface area contributed by atoms with Gasteiger partial charge in [-0.15, -0.1) is 0 Å². The van der Waals surface area contributed by atoms with Gasteiger partial charge >= 0.3 is 6.09 Å². The fourth-order valence-electron chi connectivity index (χ4n) is 0.819. The number of alkyl carbamates (subject to hydrolysis) is 1. The summed E-state index contributed by atoms with van der Waals surface area (Å²) in [4.78, 5) is 11.1. The smallest absolute Gasteiger partial charge is 0.407 e. The maximum Gasteiger partial charge on any atom is 0.407 e. The molecule has 0 bridgehead atoms. The first-order valence-corrected chi connectivity index (χ1v) is 6.94. The lowest BCUT2D eigenvalue weighted by atomic mass is 10.4. The van der Waals surface area contributed by atoms with E-state index in [1.54, 1.807) is 6.92 Å². The molecule has 0 aromatic heterocycles. The van der Waals surface area contributed by atoms with Gasteiger partial charge in [-0.05, 0) is 13.3 Å². The van der Waals surface area contributed by atoms with Crippen LogP contribution >= 0.6 is 0 Å². The normalized spacial score (nSPS) is 13.2. The van der Waals surface area contributed by atoms with Gasteiger partial charge in [0.2, 0.25) is 0 Å². The molecule has 1 amide bonds. The standard InChI is InChI=1S/C9H19NO5S/c1-4-5-6-14-9(11)10-8(2)7-15-16(3,12)13/h8H,4-7H2,1-3H3,(H,10,11)/t8-/m0/s1. The van der Waals surface area contributed by atoms with Crippen molar-refractivity contribution >= 4 is 16.2 Å². The van der Waals surface area contributed by atoms with Gasteiger partial charge in [-0.2, -0.15) is 8.42 Å². The van der Waals surface area contributed by atoms with E-state index in [2.05, 4.69) is 9.50 Å². The number of nitrogens with one attached hydrogen (secondary N) is 1. The number of hydrogen-bond donors (Lipinski definition) is 1. The Labute approximate surface area is 96.4 Å². The van der Waals surface area contributed by atoms with Crippen LogP contribution in [-0.4, -0.2) is 40.0 Å². The first-order chi connectivity index (χ1) is 7.35. The van der Waals surface area contributed by atoms with Gasteiger partial charge in [-0.3, -0.25) is 4.18 Å². The number of carbonyl (C=O) groups is 1. The Morgan fingerprint density at radius 1 is 1.44 bits per heavy atom. The van der Waals surface area contributed by atoms with E-state index < -0.39 is 22.3 Å². The van der Waals surface area contributed by atoms with Crippen molar-refractivity contribution in [3.05, 3.63) is 0 Å². The summed E-state index contributed by atoms with van der Waals surface area (Å²) in [5.41, 5.74) is 0. The van der Waals surface area contributed by atoms with Crippen molar-refractivity contribution in [3.63, 3.8) is 0 Å². The molecule has 7 heteroatoms. The molecule has 0 aromatic rings. The van der Waals surface area contributed by atoms with Crippen molar-refractivity contribution in [2.45, 2.75) is 32.7 Å². The first kappa shape index (κ1) is 15.2. The molecule has 0 unspecified atom stereocenters. The van der Waals surface area contributed by atoms with E-state index in [0.29, 0.717) is 6.61 Å². The van der Waals surface area contributed by atoms with Gasteiger partial charge in [0.05, 0.1) is 25.5 Å². The van der Waals surface area contributed by atoms with E-state index in [0.717, 1.165) is 19.1 Å². The zero-order valence-corrected chi connectivity index (χ0v) is 10.7. The third-order valence-corrected chi connectivity index (χ3v) is 2.19. The quantitative estimate of drug-likeness (QED) is 0.538. The average molecular weight is 253 g/mol. The predicted molar refractivity (Wildman–Crippen MR) is 59.6 cm³/mol. The van der Waals surface area contributed by atoms with Crippen molar-refractivity contribution in [3.8, 4) is 0 Å². The van der Waals surface area contributed by atoms with E-state index in [4.69, 9.17) is 4.74 Å². The number of unbranched alkanes of at least 4 members (excludes halogenated alkanes) is 1. The van der Waals surface area contributed by atoms with E-state index >= 15 is 0 Å². The minimum Gasteiger partial charge on any atom is -0.450 e. The van der Waals surface area contributed by atoms with Crippen LogP contribution in [0.5, 0.6) is 0 Å². The Bertz CT molecular complexity index is 301. The molecule has 0 aliphatic carbocycles. The third kappa shape index (κ3) is 9.72. The molecular formula is C9H19NO5S. The van der Waals surface area contributed by atoms with Crippen LogP contribution < -0.4 is 5.32 Å². The Morgan fingerprint density at radius 2 is 2.06 bits per heavy atom. The third-order valence-electron chi connectivity index (χ3n) is 1.63. The molecule has 16 heavy (non-hydrogen) atoms. The summed E-state index contributed by atoms with van der Waals surface area (Å²) in [6.45, 7) is 3.89. The maximum atomic E-state index is 11.1. The molecule has 0 saturated heterocycles. The lowest BCUT2D eigenvalue weighted by molar-refractivity contribution is 0.137. The van der Waals surface area contributed by atoms with Crippen molar-refractivity contribution in [1.29, 1.82) is 0 Å². The highest BCUT2D eigenvalue weighted by Crippen LogP contribution is 1.93. The minimum atomic E-state index is -3.47. The second-order valence-corrected chi connectivity index (χ2v) is 5.17. The van der Waals surface area contributed by atoms with E-state index in [9.17, 15) is 13.2 Å². The zero-order chi connectivity index (χ0) is 12.6. The lowest BCUT2D eigenvalue weighted by Crippen LogP contribution is -2.36. The van der Waals surface area contributed by atoms with Gasteiger partial charge in [0, 0.05) is 0 Å². The van der Waals surface area contributed by atoms with Crippen LogP contribution in [0.25, 0.3) is 0 Å². The summed E-state index contributed by atoms with van der Waals surface area (Å²) in [5.74, 6) is 0. The average Bonchev–Trinajstić information content (AvgIpc) is 2.14. The van der Waals surface area contributed by atoms with E-state index in [1.165, 1.54) is 0 Å². The topological polar surface area (TPSA) is 81.7 Å². The highest BCUT2D eigenvalue weighted by atomic mass is 32.2. The molecule has 0 spiro atoms. The molecule has 0 aromatic carbocycles. The summed E-state index contributed by atoms with van der Waals surface area (Å²) in [5, 5.41) is 2.46. The van der Waals surface area contributed by atoms with Crippen LogP contribution in [0.1, 0.15) is 26.7 Å². The molecule has 0 radical (unpaired) electrons. The van der Waals surface area contributed by atoms with Crippen molar-refractivity contribution in [1.82, 2.24) is 5.32 Å². The molecular weight excluding hydrogens is 234 g/mol. The zero-order valence-electron chi connectivity index (χ0n) is 9.86. The summed E-state index contributed by atoms with van der Waals surface area (Å²) in [6, 6.07) is -0.413. The molecule has 0 aliphatic rings. The van der Waals surface area contributed by atoms with Crippen LogP contribution in [0.2, 0.25) is 0 Å². The molecule has 1 atom stereocenters. The largest absolute Gasteiger partial charge is 0.450 e. The molecule has 1 N–H and O–H groups in total. The molecule has 96 valence electrons. The van der Waals surface area contributed by atoms with Crippen LogP contribution in [-0.2, 0) is 19.0 Å². The number of amides is 1. The molecule has 0 rings (SSSR count). The Morgan fingerprint density at radius 3 is 2.56 bits per heavy atom. The van der Waals surface area contributed by atoms with E-state index in [1.807, 2.05) is 6.92 Å². The fraction of sp³-hybridized carbons (Fsp3) is 0.889. The summed E-state index contributed by atoms with van der Waals surface area (Å²) < 4.78 is 30.7. The van der Waals surface area contributed by atoms with Gasteiger partial charge in [-0.1, -0.05) is 13.3 Å². The number of ether oxygens (including phenoxy) is 1. The molecule has 0 heterocycles. The van der Waals surface area contributed by atoms with Gasteiger partial charge in [0.15, 0.2) is 0 Å². The van der Waals surface area contributed by atoms with E-state index in [-0.39, 0.29) is 6.61 Å².